The Balaban J connectivity index is 1.82. The van der Waals surface area contributed by atoms with E-state index in [2.05, 4.69) is 15.5 Å². The van der Waals surface area contributed by atoms with Gasteiger partial charge in [0, 0.05) is 16.3 Å². The summed E-state index contributed by atoms with van der Waals surface area (Å²) < 4.78 is 0. The molecule has 0 saturated heterocycles. The molecule has 0 radical (unpaired) electrons. The Labute approximate surface area is 119 Å². The van der Waals surface area contributed by atoms with Crippen molar-refractivity contribution in [2.45, 2.75) is 0 Å². The lowest BCUT2D eigenvalue weighted by Crippen LogP contribution is -1.87. The third kappa shape index (κ3) is 2.92. The quantitative estimate of drug-likeness (QED) is 0.765. The van der Waals surface area contributed by atoms with Gasteiger partial charge in [0.1, 0.15) is 5.01 Å². The molecule has 1 N–H and O–H groups in total. The molecule has 1 heterocycles. The van der Waals surface area contributed by atoms with Crippen molar-refractivity contribution in [3.8, 4) is 10.6 Å². The van der Waals surface area contributed by atoms with E-state index in [0.29, 0.717) is 0 Å². The third-order valence-corrected chi connectivity index (χ3v) is 3.68. The molecule has 0 unspecified atom stereocenters. The Kier molecular flexibility index (Phi) is 3.44. The summed E-state index contributed by atoms with van der Waals surface area (Å²) >= 11 is 7.38. The van der Waals surface area contributed by atoms with Gasteiger partial charge in [-0.25, -0.2) is 0 Å². The number of hydrogen-bond donors (Lipinski definition) is 1. The van der Waals surface area contributed by atoms with Crippen molar-refractivity contribution in [2.75, 3.05) is 5.32 Å². The van der Waals surface area contributed by atoms with Gasteiger partial charge in [0.05, 0.1) is 0 Å². The van der Waals surface area contributed by atoms with Crippen molar-refractivity contribution in [2.24, 2.45) is 0 Å². The van der Waals surface area contributed by atoms with Crippen LogP contribution in [0.2, 0.25) is 5.02 Å². The predicted molar refractivity (Wildman–Crippen MR) is 80.1 cm³/mol. The van der Waals surface area contributed by atoms with E-state index in [4.69, 9.17) is 11.6 Å². The molecular formula is C14H10ClN3S. The second kappa shape index (κ2) is 5.38. The molecule has 1 aromatic heterocycles. The van der Waals surface area contributed by atoms with Crippen LogP contribution in [0, 0.1) is 0 Å². The Morgan fingerprint density at radius 1 is 0.895 bits per heavy atom. The summed E-state index contributed by atoms with van der Waals surface area (Å²) in [4.78, 5) is 0. The number of para-hydroxylation sites is 1. The standard InChI is InChI=1S/C14H10ClN3S/c15-11-8-6-10(7-9-11)13-17-18-14(19-13)16-12-4-2-1-3-5-12/h1-9H,(H,16,18). The van der Waals surface area contributed by atoms with Gasteiger partial charge >= 0.3 is 0 Å². The van der Waals surface area contributed by atoms with Crippen LogP contribution < -0.4 is 5.32 Å². The van der Waals surface area contributed by atoms with Crippen LogP contribution in [0.3, 0.4) is 0 Å². The summed E-state index contributed by atoms with van der Waals surface area (Å²) in [7, 11) is 0. The van der Waals surface area contributed by atoms with Crippen molar-refractivity contribution in [3.05, 3.63) is 59.6 Å². The van der Waals surface area contributed by atoms with E-state index in [1.54, 1.807) is 0 Å². The minimum atomic E-state index is 0.718. The van der Waals surface area contributed by atoms with E-state index in [9.17, 15) is 0 Å². The Hall–Kier alpha value is -1.91. The Morgan fingerprint density at radius 2 is 1.63 bits per heavy atom. The van der Waals surface area contributed by atoms with Crippen molar-refractivity contribution in [3.63, 3.8) is 0 Å². The number of hydrogen-bond acceptors (Lipinski definition) is 4. The van der Waals surface area contributed by atoms with Crippen molar-refractivity contribution in [1.82, 2.24) is 10.2 Å². The second-order valence-electron chi connectivity index (χ2n) is 3.91. The average Bonchev–Trinajstić information content (AvgIpc) is 2.89. The highest BCUT2D eigenvalue weighted by atomic mass is 35.5. The molecular weight excluding hydrogens is 278 g/mol. The zero-order valence-corrected chi connectivity index (χ0v) is 11.4. The topological polar surface area (TPSA) is 37.8 Å². The molecule has 0 atom stereocenters. The lowest BCUT2D eigenvalue weighted by Gasteiger charge is -1.99. The average molecular weight is 288 g/mol. The maximum atomic E-state index is 5.87. The van der Waals surface area contributed by atoms with Gasteiger partial charge in [-0.15, -0.1) is 10.2 Å². The smallest absolute Gasteiger partial charge is 0.210 e. The molecule has 94 valence electrons. The molecule has 0 aliphatic heterocycles. The number of nitrogens with one attached hydrogen (secondary N) is 1. The summed E-state index contributed by atoms with van der Waals surface area (Å²) in [6, 6.07) is 17.5. The van der Waals surface area contributed by atoms with Crippen molar-refractivity contribution >= 4 is 33.8 Å². The monoisotopic (exact) mass is 287 g/mol. The lowest BCUT2D eigenvalue weighted by molar-refractivity contribution is 1.10. The minimum Gasteiger partial charge on any atom is -0.330 e. The molecule has 0 aliphatic rings. The van der Waals surface area contributed by atoms with Gasteiger partial charge in [0.2, 0.25) is 5.13 Å². The summed E-state index contributed by atoms with van der Waals surface area (Å²) in [5, 5.41) is 13.9. The lowest BCUT2D eigenvalue weighted by atomic mass is 10.2. The maximum absolute atomic E-state index is 5.87. The van der Waals surface area contributed by atoms with Gasteiger partial charge in [-0.1, -0.05) is 53.3 Å². The molecule has 3 nitrogen and oxygen atoms in total. The number of rotatable bonds is 3. The zero-order chi connectivity index (χ0) is 13.1. The van der Waals surface area contributed by atoms with Crippen LogP contribution in [-0.4, -0.2) is 10.2 Å². The van der Waals surface area contributed by atoms with Gasteiger partial charge in [-0.2, -0.15) is 0 Å². The number of benzene rings is 2. The first kappa shape index (κ1) is 12.1. The maximum Gasteiger partial charge on any atom is 0.210 e. The highest BCUT2D eigenvalue weighted by Crippen LogP contribution is 2.28. The molecule has 3 aromatic rings. The summed E-state index contributed by atoms with van der Waals surface area (Å²) in [6.07, 6.45) is 0. The first-order valence-corrected chi connectivity index (χ1v) is 6.92. The van der Waals surface area contributed by atoms with Crippen LogP contribution >= 0.6 is 22.9 Å². The molecule has 5 heteroatoms. The van der Waals surface area contributed by atoms with Crippen LogP contribution in [0.5, 0.6) is 0 Å². The third-order valence-electron chi connectivity index (χ3n) is 2.54. The van der Waals surface area contributed by atoms with Crippen LogP contribution in [0.1, 0.15) is 0 Å². The van der Waals surface area contributed by atoms with E-state index in [0.717, 1.165) is 26.4 Å². The minimum absolute atomic E-state index is 0.718. The van der Waals surface area contributed by atoms with E-state index in [1.807, 2.05) is 54.6 Å². The second-order valence-corrected chi connectivity index (χ2v) is 5.32. The molecule has 19 heavy (non-hydrogen) atoms. The first-order chi connectivity index (χ1) is 9.31. The van der Waals surface area contributed by atoms with Crippen molar-refractivity contribution < 1.29 is 0 Å². The zero-order valence-electron chi connectivity index (χ0n) is 9.88. The van der Waals surface area contributed by atoms with Crippen LogP contribution in [0.4, 0.5) is 10.8 Å². The van der Waals surface area contributed by atoms with Crippen LogP contribution in [0.15, 0.2) is 54.6 Å². The Morgan fingerprint density at radius 3 is 2.37 bits per heavy atom. The molecule has 0 amide bonds. The van der Waals surface area contributed by atoms with Gasteiger partial charge in [0.15, 0.2) is 0 Å². The molecule has 0 saturated carbocycles. The van der Waals surface area contributed by atoms with E-state index in [1.165, 1.54) is 11.3 Å². The van der Waals surface area contributed by atoms with Gasteiger partial charge in [0.25, 0.3) is 0 Å². The number of anilines is 2. The highest BCUT2D eigenvalue weighted by molar-refractivity contribution is 7.18. The van der Waals surface area contributed by atoms with Crippen LogP contribution in [0.25, 0.3) is 10.6 Å². The van der Waals surface area contributed by atoms with E-state index in [-0.39, 0.29) is 0 Å². The van der Waals surface area contributed by atoms with Crippen LogP contribution in [-0.2, 0) is 0 Å². The van der Waals surface area contributed by atoms with Gasteiger partial charge in [-0.3, -0.25) is 0 Å². The first-order valence-electron chi connectivity index (χ1n) is 5.73. The molecule has 3 rings (SSSR count). The fraction of sp³-hybridized carbons (Fsp3) is 0. The molecule has 0 spiro atoms. The normalized spacial score (nSPS) is 10.4. The fourth-order valence-corrected chi connectivity index (χ4v) is 2.52. The Bertz CT molecular complexity index is 665. The predicted octanol–water partition coefficient (Wildman–Crippen LogP) is 4.60. The SMILES string of the molecule is Clc1ccc(-c2nnc(Nc3ccccc3)s2)cc1. The summed E-state index contributed by atoms with van der Waals surface area (Å²) in [5.41, 5.74) is 2.02. The fourth-order valence-electron chi connectivity index (χ4n) is 1.63. The van der Waals surface area contributed by atoms with E-state index < -0.39 is 0 Å². The highest BCUT2D eigenvalue weighted by Gasteiger charge is 2.06. The van der Waals surface area contributed by atoms with Gasteiger partial charge < -0.3 is 5.32 Å². The van der Waals surface area contributed by atoms with Crippen molar-refractivity contribution in [1.29, 1.82) is 0 Å². The van der Waals surface area contributed by atoms with E-state index >= 15 is 0 Å². The molecule has 0 bridgehead atoms. The van der Waals surface area contributed by atoms with Gasteiger partial charge in [-0.05, 0) is 24.3 Å². The number of aromatic nitrogens is 2. The molecule has 0 aliphatic carbocycles. The summed E-state index contributed by atoms with van der Waals surface area (Å²) in [6.45, 7) is 0. The summed E-state index contributed by atoms with van der Waals surface area (Å²) in [5.74, 6) is 0. The largest absolute Gasteiger partial charge is 0.330 e. The molecule has 2 aromatic carbocycles. The number of nitrogens with zero attached hydrogens (tertiary/aromatic N) is 2. The number of halogens is 1. The molecule has 0 fully saturated rings.